The molecule has 20 heavy (non-hydrogen) atoms. The maximum absolute atomic E-state index is 3.87. The van der Waals surface area contributed by atoms with Gasteiger partial charge in [0.05, 0.1) is 5.69 Å². The second kappa shape index (κ2) is 6.00. The van der Waals surface area contributed by atoms with Crippen molar-refractivity contribution in [2.24, 2.45) is 5.92 Å². The highest BCUT2D eigenvalue weighted by Gasteiger charge is 2.16. The fourth-order valence-electron chi connectivity index (χ4n) is 2.54. The Kier molecular flexibility index (Phi) is 3.92. The molecule has 0 radical (unpaired) electrons. The fraction of sp³-hybridized carbons (Fsp3) is 0.500. The van der Waals surface area contributed by atoms with E-state index in [4.69, 9.17) is 0 Å². The molecule has 1 aliphatic rings. The lowest BCUT2D eigenvalue weighted by Crippen LogP contribution is -2.32. The molecule has 1 aliphatic heterocycles. The van der Waals surface area contributed by atoms with Crippen molar-refractivity contribution in [1.29, 1.82) is 0 Å². The molecule has 6 heteroatoms. The van der Waals surface area contributed by atoms with Crippen LogP contribution < -0.4 is 5.32 Å². The lowest BCUT2D eigenvalue weighted by atomic mass is 9.97. The molecular weight excluding hydrogens is 252 g/mol. The summed E-state index contributed by atoms with van der Waals surface area (Å²) in [4.78, 5) is 2.40. The topological polar surface area (TPSA) is 58.9 Å². The molecule has 2 aromatic rings. The number of rotatable bonds is 4. The largest absolute Gasteiger partial charge is 0.385 e. The number of tetrazole rings is 1. The van der Waals surface area contributed by atoms with Gasteiger partial charge in [-0.15, -0.1) is 5.10 Å². The number of aromatic nitrogens is 4. The molecule has 1 aromatic carbocycles. The standard InChI is InChI=1S/C14H20N6/c1-19-8-6-12(7-9-19)10-15-13-2-4-14(5-3-13)20-11-16-17-18-20/h2-5,11-12,15H,6-10H2,1H3. The quantitative estimate of drug-likeness (QED) is 0.912. The predicted octanol–water partition coefficient (Wildman–Crippen LogP) is 1.42. The van der Waals surface area contributed by atoms with Crippen LogP contribution in [0.25, 0.3) is 5.69 Å². The van der Waals surface area contributed by atoms with E-state index in [0.717, 1.165) is 23.8 Å². The van der Waals surface area contributed by atoms with Crippen LogP contribution in [0.15, 0.2) is 30.6 Å². The van der Waals surface area contributed by atoms with E-state index in [1.54, 1.807) is 11.0 Å². The lowest BCUT2D eigenvalue weighted by molar-refractivity contribution is 0.226. The molecule has 0 atom stereocenters. The van der Waals surface area contributed by atoms with Crippen LogP contribution in [-0.4, -0.2) is 51.8 Å². The molecule has 0 aliphatic carbocycles. The molecule has 0 spiro atoms. The molecule has 2 heterocycles. The van der Waals surface area contributed by atoms with Gasteiger partial charge in [0, 0.05) is 12.2 Å². The van der Waals surface area contributed by atoms with E-state index in [1.165, 1.54) is 25.9 Å². The second-order valence-corrected chi connectivity index (χ2v) is 5.43. The van der Waals surface area contributed by atoms with E-state index in [0.29, 0.717) is 0 Å². The minimum absolute atomic E-state index is 0.783. The van der Waals surface area contributed by atoms with Crippen LogP contribution in [0, 0.1) is 5.92 Å². The van der Waals surface area contributed by atoms with E-state index in [-0.39, 0.29) is 0 Å². The summed E-state index contributed by atoms with van der Waals surface area (Å²) in [5, 5.41) is 14.7. The summed E-state index contributed by atoms with van der Waals surface area (Å²) in [6, 6.07) is 8.19. The van der Waals surface area contributed by atoms with Gasteiger partial charge in [-0.1, -0.05) is 0 Å². The highest BCUT2D eigenvalue weighted by atomic mass is 15.5. The second-order valence-electron chi connectivity index (χ2n) is 5.43. The smallest absolute Gasteiger partial charge is 0.143 e. The van der Waals surface area contributed by atoms with Crippen molar-refractivity contribution in [1.82, 2.24) is 25.1 Å². The number of hydrogen-bond donors (Lipinski definition) is 1. The molecule has 106 valence electrons. The van der Waals surface area contributed by atoms with E-state index < -0.39 is 0 Å². The van der Waals surface area contributed by atoms with Gasteiger partial charge in [0.1, 0.15) is 6.33 Å². The average molecular weight is 272 g/mol. The molecule has 3 rings (SSSR count). The minimum atomic E-state index is 0.783. The van der Waals surface area contributed by atoms with Gasteiger partial charge < -0.3 is 10.2 Å². The summed E-state index contributed by atoms with van der Waals surface area (Å²) in [5.41, 5.74) is 2.13. The molecule has 6 nitrogen and oxygen atoms in total. The maximum atomic E-state index is 3.87. The first kappa shape index (κ1) is 13.1. The van der Waals surface area contributed by atoms with Gasteiger partial charge in [-0.2, -0.15) is 0 Å². The number of likely N-dealkylation sites (tertiary alicyclic amines) is 1. The monoisotopic (exact) mass is 272 g/mol. The fourth-order valence-corrected chi connectivity index (χ4v) is 2.54. The Balaban J connectivity index is 1.53. The number of piperidine rings is 1. The third-order valence-corrected chi connectivity index (χ3v) is 3.91. The van der Waals surface area contributed by atoms with Gasteiger partial charge >= 0.3 is 0 Å². The van der Waals surface area contributed by atoms with Crippen molar-refractivity contribution in [2.75, 3.05) is 32.0 Å². The zero-order chi connectivity index (χ0) is 13.8. The predicted molar refractivity (Wildman–Crippen MR) is 77.9 cm³/mol. The van der Waals surface area contributed by atoms with Crippen molar-refractivity contribution in [3.63, 3.8) is 0 Å². The molecule has 0 bridgehead atoms. The Bertz CT molecular complexity index is 513. The van der Waals surface area contributed by atoms with Gasteiger partial charge in [0.2, 0.25) is 0 Å². The van der Waals surface area contributed by atoms with E-state index in [1.807, 2.05) is 12.1 Å². The van der Waals surface area contributed by atoms with E-state index in [2.05, 4.69) is 44.9 Å². The Morgan fingerprint density at radius 2 is 1.95 bits per heavy atom. The normalized spacial score (nSPS) is 17.2. The van der Waals surface area contributed by atoms with Crippen LogP contribution in [0.4, 0.5) is 5.69 Å². The average Bonchev–Trinajstić information content (AvgIpc) is 3.01. The van der Waals surface area contributed by atoms with Gasteiger partial charge in [-0.25, -0.2) is 4.68 Å². The molecule has 0 saturated carbocycles. The van der Waals surface area contributed by atoms with Gasteiger partial charge in [0.15, 0.2) is 0 Å². The van der Waals surface area contributed by atoms with Crippen LogP contribution in [0.3, 0.4) is 0 Å². The van der Waals surface area contributed by atoms with Crippen molar-refractivity contribution in [3.8, 4) is 5.69 Å². The van der Waals surface area contributed by atoms with Crippen molar-refractivity contribution in [3.05, 3.63) is 30.6 Å². The summed E-state index contributed by atoms with van der Waals surface area (Å²) < 4.78 is 1.65. The number of anilines is 1. The van der Waals surface area contributed by atoms with Crippen LogP contribution in [0.2, 0.25) is 0 Å². The van der Waals surface area contributed by atoms with Crippen LogP contribution in [-0.2, 0) is 0 Å². The summed E-state index contributed by atoms with van der Waals surface area (Å²) >= 11 is 0. The molecule has 1 N–H and O–H groups in total. The number of benzene rings is 1. The highest BCUT2D eigenvalue weighted by molar-refractivity contribution is 5.48. The SMILES string of the molecule is CN1CCC(CNc2ccc(-n3cnnn3)cc2)CC1. The van der Waals surface area contributed by atoms with Gasteiger partial charge in [-0.05, 0) is 73.6 Å². The van der Waals surface area contributed by atoms with Gasteiger partial charge in [0.25, 0.3) is 0 Å². The van der Waals surface area contributed by atoms with E-state index >= 15 is 0 Å². The van der Waals surface area contributed by atoms with Gasteiger partial charge in [-0.3, -0.25) is 0 Å². The first-order valence-electron chi connectivity index (χ1n) is 7.07. The Hall–Kier alpha value is -1.95. The highest BCUT2D eigenvalue weighted by Crippen LogP contribution is 2.18. The zero-order valence-electron chi connectivity index (χ0n) is 11.7. The summed E-state index contributed by atoms with van der Waals surface area (Å²) in [5.74, 6) is 0.783. The molecule has 1 saturated heterocycles. The molecule has 1 fully saturated rings. The number of nitrogens with one attached hydrogen (secondary N) is 1. The summed E-state index contributed by atoms with van der Waals surface area (Å²) in [6.45, 7) is 3.48. The summed E-state index contributed by atoms with van der Waals surface area (Å²) in [7, 11) is 2.20. The molecule has 0 unspecified atom stereocenters. The number of hydrogen-bond acceptors (Lipinski definition) is 5. The Labute approximate surface area is 118 Å². The minimum Gasteiger partial charge on any atom is -0.385 e. The molecule has 1 aromatic heterocycles. The zero-order valence-corrected chi connectivity index (χ0v) is 11.7. The first-order chi connectivity index (χ1) is 9.81. The van der Waals surface area contributed by atoms with Crippen molar-refractivity contribution >= 4 is 5.69 Å². The number of nitrogens with zero attached hydrogens (tertiary/aromatic N) is 5. The first-order valence-corrected chi connectivity index (χ1v) is 7.07. The Morgan fingerprint density at radius 3 is 2.60 bits per heavy atom. The molecule has 0 amide bonds. The van der Waals surface area contributed by atoms with Crippen LogP contribution >= 0.6 is 0 Å². The maximum Gasteiger partial charge on any atom is 0.143 e. The third kappa shape index (κ3) is 3.14. The lowest BCUT2D eigenvalue weighted by Gasteiger charge is -2.29. The summed E-state index contributed by atoms with van der Waals surface area (Å²) in [6.07, 6.45) is 4.17. The van der Waals surface area contributed by atoms with Crippen molar-refractivity contribution in [2.45, 2.75) is 12.8 Å². The van der Waals surface area contributed by atoms with Crippen LogP contribution in [0.5, 0.6) is 0 Å². The third-order valence-electron chi connectivity index (χ3n) is 3.91. The van der Waals surface area contributed by atoms with Crippen LogP contribution in [0.1, 0.15) is 12.8 Å². The Morgan fingerprint density at radius 1 is 1.20 bits per heavy atom. The van der Waals surface area contributed by atoms with E-state index in [9.17, 15) is 0 Å². The van der Waals surface area contributed by atoms with Crippen molar-refractivity contribution < 1.29 is 0 Å². The molecular formula is C14H20N6.